The van der Waals surface area contributed by atoms with E-state index in [2.05, 4.69) is 4.72 Å². The Bertz CT molecular complexity index is 559. The van der Waals surface area contributed by atoms with Crippen LogP contribution in [0.1, 0.15) is 13.3 Å². The number of carbonyl (C=O) groups is 1. The molecule has 0 saturated heterocycles. The van der Waals surface area contributed by atoms with Crippen LogP contribution in [0.5, 0.6) is 5.75 Å². The second-order valence-electron chi connectivity index (χ2n) is 4.03. The number of rotatable bonds is 8. The van der Waals surface area contributed by atoms with Crippen molar-refractivity contribution in [1.82, 2.24) is 4.31 Å². The molecule has 0 unspecified atom stereocenters. The Morgan fingerprint density at radius 2 is 2.15 bits per heavy atom. The molecule has 7 nitrogen and oxygen atoms in total. The first-order valence-electron chi connectivity index (χ1n) is 6.04. The highest BCUT2D eigenvalue weighted by molar-refractivity contribution is 7.90. The zero-order chi connectivity index (χ0) is 15.2. The largest absolute Gasteiger partial charge is 0.494 e. The summed E-state index contributed by atoms with van der Waals surface area (Å²) < 4.78 is 32.5. The molecule has 2 N–H and O–H groups in total. The van der Waals surface area contributed by atoms with E-state index in [0.29, 0.717) is 18.0 Å². The lowest BCUT2D eigenvalue weighted by atomic mass is 10.3. The summed E-state index contributed by atoms with van der Waals surface area (Å²) in [5, 5.41) is 8.55. The highest BCUT2D eigenvalue weighted by Gasteiger charge is 2.18. The van der Waals surface area contributed by atoms with Gasteiger partial charge in [-0.15, -0.1) is 0 Å². The molecule has 1 aromatic carbocycles. The minimum Gasteiger partial charge on any atom is -0.494 e. The van der Waals surface area contributed by atoms with E-state index in [1.165, 1.54) is 7.05 Å². The Morgan fingerprint density at radius 3 is 2.75 bits per heavy atom. The third-order valence-electron chi connectivity index (χ3n) is 2.44. The summed E-state index contributed by atoms with van der Waals surface area (Å²) in [5.74, 6) is -0.494. The Hall–Kier alpha value is -1.80. The van der Waals surface area contributed by atoms with Gasteiger partial charge >= 0.3 is 16.2 Å². The van der Waals surface area contributed by atoms with Crippen LogP contribution in [-0.2, 0) is 15.0 Å². The van der Waals surface area contributed by atoms with Gasteiger partial charge in [0.15, 0.2) is 0 Å². The fourth-order valence-electron chi connectivity index (χ4n) is 1.42. The number of benzene rings is 1. The predicted octanol–water partition coefficient (Wildman–Crippen LogP) is 1.15. The number of aliphatic carboxylic acids is 1. The molecule has 0 heterocycles. The maximum absolute atomic E-state index is 12.0. The van der Waals surface area contributed by atoms with Crippen molar-refractivity contribution < 1.29 is 23.1 Å². The summed E-state index contributed by atoms with van der Waals surface area (Å²) in [6.45, 7) is 2.21. The first-order valence-corrected chi connectivity index (χ1v) is 7.48. The summed E-state index contributed by atoms with van der Waals surface area (Å²) in [4.78, 5) is 10.4. The average Bonchev–Trinajstić information content (AvgIpc) is 2.36. The molecule has 0 fully saturated rings. The molecule has 0 aliphatic rings. The van der Waals surface area contributed by atoms with Crippen molar-refractivity contribution in [2.24, 2.45) is 0 Å². The molecule has 1 rings (SSSR count). The van der Waals surface area contributed by atoms with Gasteiger partial charge in [0, 0.05) is 19.7 Å². The van der Waals surface area contributed by atoms with E-state index in [1.807, 2.05) is 6.92 Å². The topological polar surface area (TPSA) is 95.9 Å². The van der Waals surface area contributed by atoms with Crippen LogP contribution in [-0.4, -0.2) is 44.0 Å². The lowest BCUT2D eigenvalue weighted by Crippen LogP contribution is -2.34. The molecule has 0 bridgehead atoms. The molecule has 1 aromatic rings. The lowest BCUT2D eigenvalue weighted by Gasteiger charge is -2.17. The van der Waals surface area contributed by atoms with Gasteiger partial charge in [0.2, 0.25) is 0 Å². The molecule has 0 aliphatic heterocycles. The lowest BCUT2D eigenvalue weighted by molar-refractivity contribution is -0.137. The SMILES string of the molecule is CCOc1cccc(NS(=O)(=O)N(C)CCC(=O)O)c1. The van der Waals surface area contributed by atoms with Gasteiger partial charge in [0.05, 0.1) is 18.7 Å². The number of carboxylic acid groups (broad SMARTS) is 1. The van der Waals surface area contributed by atoms with Crippen LogP contribution in [0, 0.1) is 0 Å². The highest BCUT2D eigenvalue weighted by atomic mass is 32.2. The fourth-order valence-corrected chi connectivity index (χ4v) is 2.33. The Labute approximate surface area is 118 Å². The third kappa shape index (κ3) is 5.06. The molecular weight excluding hydrogens is 284 g/mol. The van der Waals surface area contributed by atoms with Gasteiger partial charge < -0.3 is 9.84 Å². The van der Waals surface area contributed by atoms with Crippen molar-refractivity contribution in [2.75, 3.05) is 24.9 Å². The van der Waals surface area contributed by atoms with Crippen LogP contribution in [0.3, 0.4) is 0 Å². The van der Waals surface area contributed by atoms with E-state index in [9.17, 15) is 13.2 Å². The van der Waals surface area contributed by atoms with E-state index >= 15 is 0 Å². The number of anilines is 1. The van der Waals surface area contributed by atoms with Gasteiger partial charge in [0.25, 0.3) is 0 Å². The molecule has 0 saturated carbocycles. The number of hydrogen-bond donors (Lipinski definition) is 2. The number of ether oxygens (including phenoxy) is 1. The normalized spacial score (nSPS) is 11.3. The molecule has 0 aliphatic carbocycles. The van der Waals surface area contributed by atoms with Crippen LogP contribution >= 0.6 is 0 Å². The van der Waals surface area contributed by atoms with E-state index < -0.39 is 16.2 Å². The summed E-state index contributed by atoms with van der Waals surface area (Å²) in [6.07, 6.45) is -0.254. The molecule has 0 aromatic heterocycles. The molecule has 8 heteroatoms. The highest BCUT2D eigenvalue weighted by Crippen LogP contribution is 2.19. The molecular formula is C12H18N2O5S. The molecule has 0 spiro atoms. The van der Waals surface area contributed by atoms with Crippen LogP contribution in [0.2, 0.25) is 0 Å². The summed E-state index contributed by atoms with van der Waals surface area (Å²) in [5.41, 5.74) is 0.359. The molecule has 0 atom stereocenters. The van der Waals surface area contributed by atoms with Crippen LogP contribution in [0.25, 0.3) is 0 Å². The van der Waals surface area contributed by atoms with E-state index in [-0.39, 0.29) is 13.0 Å². The van der Waals surface area contributed by atoms with Crippen molar-refractivity contribution >= 4 is 21.9 Å². The van der Waals surface area contributed by atoms with Crippen LogP contribution in [0.15, 0.2) is 24.3 Å². The molecule has 0 radical (unpaired) electrons. The first kappa shape index (κ1) is 16.3. The second-order valence-corrected chi connectivity index (χ2v) is 5.81. The standard InChI is InChI=1S/C12H18N2O5S/c1-3-19-11-6-4-5-10(9-11)13-20(17,18)14(2)8-7-12(15)16/h4-6,9,13H,3,7-8H2,1-2H3,(H,15,16). The van der Waals surface area contributed by atoms with Crippen molar-refractivity contribution in [3.05, 3.63) is 24.3 Å². The van der Waals surface area contributed by atoms with Gasteiger partial charge in [-0.05, 0) is 19.1 Å². The maximum atomic E-state index is 12.0. The molecule has 20 heavy (non-hydrogen) atoms. The van der Waals surface area contributed by atoms with Crippen molar-refractivity contribution in [3.8, 4) is 5.75 Å². The smallest absolute Gasteiger partial charge is 0.304 e. The number of carboxylic acids is 1. The average molecular weight is 302 g/mol. The van der Waals surface area contributed by atoms with Crippen molar-refractivity contribution in [1.29, 1.82) is 0 Å². The van der Waals surface area contributed by atoms with E-state index in [1.54, 1.807) is 24.3 Å². The third-order valence-corrected chi connectivity index (χ3v) is 3.94. The monoisotopic (exact) mass is 302 g/mol. The Morgan fingerprint density at radius 1 is 1.45 bits per heavy atom. The molecule has 0 amide bonds. The first-order chi connectivity index (χ1) is 9.35. The van der Waals surface area contributed by atoms with Gasteiger partial charge in [-0.25, -0.2) is 0 Å². The van der Waals surface area contributed by atoms with Gasteiger partial charge in [0.1, 0.15) is 5.75 Å². The van der Waals surface area contributed by atoms with Crippen LogP contribution < -0.4 is 9.46 Å². The van der Waals surface area contributed by atoms with Crippen molar-refractivity contribution in [3.63, 3.8) is 0 Å². The number of hydrogen-bond acceptors (Lipinski definition) is 4. The summed E-state index contributed by atoms with van der Waals surface area (Å²) >= 11 is 0. The number of nitrogens with zero attached hydrogens (tertiary/aromatic N) is 1. The minimum absolute atomic E-state index is 0.101. The predicted molar refractivity (Wildman–Crippen MR) is 75.0 cm³/mol. The molecule has 112 valence electrons. The summed E-state index contributed by atoms with van der Waals surface area (Å²) in [7, 11) is -2.46. The van der Waals surface area contributed by atoms with Gasteiger partial charge in [-0.3, -0.25) is 9.52 Å². The van der Waals surface area contributed by atoms with Crippen LogP contribution in [0.4, 0.5) is 5.69 Å². The summed E-state index contributed by atoms with van der Waals surface area (Å²) in [6, 6.07) is 6.53. The fraction of sp³-hybridized carbons (Fsp3) is 0.417. The van der Waals surface area contributed by atoms with E-state index in [0.717, 1.165) is 4.31 Å². The zero-order valence-electron chi connectivity index (χ0n) is 11.4. The second kappa shape index (κ2) is 7.11. The Kier molecular flexibility index (Phi) is 5.78. The minimum atomic E-state index is -3.78. The number of nitrogens with one attached hydrogen (secondary N) is 1. The Balaban J connectivity index is 2.74. The quantitative estimate of drug-likeness (QED) is 0.751. The van der Waals surface area contributed by atoms with Crippen molar-refractivity contribution in [2.45, 2.75) is 13.3 Å². The van der Waals surface area contributed by atoms with Gasteiger partial charge in [-0.1, -0.05) is 6.07 Å². The maximum Gasteiger partial charge on any atom is 0.304 e. The zero-order valence-corrected chi connectivity index (χ0v) is 12.2. The van der Waals surface area contributed by atoms with E-state index in [4.69, 9.17) is 9.84 Å². The van der Waals surface area contributed by atoms with Gasteiger partial charge in [-0.2, -0.15) is 12.7 Å².